The number of nitrogens with two attached hydrogens (primary N) is 1. The van der Waals surface area contributed by atoms with Crippen LogP contribution in [-0.4, -0.2) is 36.5 Å². The summed E-state index contributed by atoms with van der Waals surface area (Å²) in [6, 6.07) is 8.85. The highest BCUT2D eigenvalue weighted by molar-refractivity contribution is 7.98. The van der Waals surface area contributed by atoms with Gasteiger partial charge in [0.2, 0.25) is 0 Å². The van der Waals surface area contributed by atoms with Gasteiger partial charge in [-0.15, -0.1) is 0 Å². The van der Waals surface area contributed by atoms with E-state index in [1.54, 1.807) is 0 Å². The van der Waals surface area contributed by atoms with E-state index in [0.29, 0.717) is 18.6 Å². The lowest BCUT2D eigenvalue weighted by atomic mass is 10.0. The molecule has 0 aliphatic carbocycles. The SMILES string of the molecule is CSCCCC(CN)N(C)C(C)c1cccc(Cl)c1. The molecule has 0 aliphatic heterocycles. The van der Waals surface area contributed by atoms with E-state index >= 15 is 0 Å². The van der Waals surface area contributed by atoms with E-state index in [1.165, 1.54) is 17.7 Å². The smallest absolute Gasteiger partial charge is 0.0409 e. The molecule has 4 heteroatoms. The zero-order valence-corrected chi connectivity index (χ0v) is 13.7. The van der Waals surface area contributed by atoms with Crippen molar-refractivity contribution in [3.63, 3.8) is 0 Å². The molecule has 0 fully saturated rings. The molecule has 19 heavy (non-hydrogen) atoms. The Bertz CT molecular complexity index is 373. The molecule has 0 spiro atoms. The van der Waals surface area contributed by atoms with E-state index in [4.69, 9.17) is 17.3 Å². The van der Waals surface area contributed by atoms with Crippen LogP contribution in [0.3, 0.4) is 0 Å². The highest BCUT2D eigenvalue weighted by Gasteiger charge is 2.19. The van der Waals surface area contributed by atoms with E-state index < -0.39 is 0 Å². The topological polar surface area (TPSA) is 29.3 Å². The zero-order valence-electron chi connectivity index (χ0n) is 12.1. The number of nitrogens with zero attached hydrogens (tertiary/aromatic N) is 1. The van der Waals surface area contributed by atoms with Gasteiger partial charge in [-0.05, 0) is 56.5 Å². The molecule has 0 bridgehead atoms. The fraction of sp³-hybridized carbons (Fsp3) is 0.600. The Hall–Kier alpha value is -0.220. The second-order valence-corrected chi connectivity index (χ2v) is 6.34. The summed E-state index contributed by atoms with van der Waals surface area (Å²) in [6.07, 6.45) is 4.52. The van der Waals surface area contributed by atoms with E-state index in [1.807, 2.05) is 30.0 Å². The normalized spacial score (nSPS) is 14.6. The molecule has 0 aliphatic rings. The number of hydrogen-bond donors (Lipinski definition) is 1. The van der Waals surface area contributed by atoms with Gasteiger partial charge in [-0.1, -0.05) is 23.7 Å². The summed E-state index contributed by atoms with van der Waals surface area (Å²) in [5, 5.41) is 0.796. The lowest BCUT2D eigenvalue weighted by Crippen LogP contribution is -2.39. The summed E-state index contributed by atoms with van der Waals surface area (Å²) >= 11 is 7.96. The minimum atomic E-state index is 0.335. The molecule has 1 rings (SSSR count). The van der Waals surface area contributed by atoms with Gasteiger partial charge in [-0.25, -0.2) is 0 Å². The first-order chi connectivity index (χ1) is 9.10. The average Bonchev–Trinajstić information content (AvgIpc) is 2.42. The van der Waals surface area contributed by atoms with Crippen LogP contribution in [0.25, 0.3) is 0 Å². The second kappa shape index (κ2) is 8.85. The third-order valence-corrected chi connectivity index (χ3v) is 4.61. The van der Waals surface area contributed by atoms with Crippen LogP contribution in [0.5, 0.6) is 0 Å². The van der Waals surface area contributed by atoms with Crippen LogP contribution >= 0.6 is 23.4 Å². The van der Waals surface area contributed by atoms with Crippen LogP contribution in [0.15, 0.2) is 24.3 Å². The molecule has 0 heterocycles. The van der Waals surface area contributed by atoms with Crippen molar-refractivity contribution in [2.45, 2.75) is 31.8 Å². The van der Waals surface area contributed by atoms with Crippen molar-refractivity contribution in [3.05, 3.63) is 34.9 Å². The standard InChI is InChI=1S/C15H25ClN2S/c1-12(13-6-4-7-14(16)10-13)18(2)15(11-17)8-5-9-19-3/h4,6-7,10,12,15H,5,8-9,11,17H2,1-3H3. The van der Waals surface area contributed by atoms with Gasteiger partial charge < -0.3 is 5.73 Å². The third kappa shape index (κ3) is 5.35. The van der Waals surface area contributed by atoms with Gasteiger partial charge >= 0.3 is 0 Å². The number of hydrogen-bond acceptors (Lipinski definition) is 3. The minimum absolute atomic E-state index is 0.335. The largest absolute Gasteiger partial charge is 0.329 e. The van der Waals surface area contributed by atoms with Gasteiger partial charge in [0.15, 0.2) is 0 Å². The zero-order chi connectivity index (χ0) is 14.3. The van der Waals surface area contributed by atoms with Crippen molar-refractivity contribution in [2.75, 3.05) is 25.6 Å². The Morgan fingerprint density at radius 2 is 2.16 bits per heavy atom. The summed E-state index contributed by atoms with van der Waals surface area (Å²) in [5.74, 6) is 1.20. The molecule has 2 atom stereocenters. The first-order valence-electron chi connectivity index (χ1n) is 6.76. The lowest BCUT2D eigenvalue weighted by molar-refractivity contribution is 0.179. The Balaban J connectivity index is 2.65. The molecule has 2 nitrogen and oxygen atoms in total. The molecular formula is C15H25ClN2S. The van der Waals surface area contributed by atoms with Crippen LogP contribution in [-0.2, 0) is 0 Å². The van der Waals surface area contributed by atoms with Gasteiger partial charge in [0, 0.05) is 23.7 Å². The average molecular weight is 301 g/mol. The summed E-state index contributed by atoms with van der Waals surface area (Å²) in [7, 11) is 2.15. The predicted octanol–water partition coefficient (Wildman–Crippen LogP) is 3.80. The third-order valence-electron chi connectivity index (χ3n) is 3.68. The summed E-state index contributed by atoms with van der Waals surface area (Å²) in [6.45, 7) is 2.92. The molecule has 0 amide bonds. The molecule has 1 aromatic carbocycles. The summed E-state index contributed by atoms with van der Waals surface area (Å²) in [4.78, 5) is 2.37. The van der Waals surface area contributed by atoms with E-state index in [-0.39, 0.29) is 0 Å². The van der Waals surface area contributed by atoms with Crippen LogP contribution < -0.4 is 5.73 Å². The van der Waals surface area contributed by atoms with Gasteiger partial charge in [-0.2, -0.15) is 11.8 Å². The summed E-state index contributed by atoms with van der Waals surface area (Å²) < 4.78 is 0. The van der Waals surface area contributed by atoms with Crippen LogP contribution in [0.4, 0.5) is 0 Å². The quantitative estimate of drug-likeness (QED) is 0.740. The number of rotatable bonds is 8. The molecule has 0 saturated carbocycles. The fourth-order valence-corrected chi connectivity index (χ4v) is 2.92. The van der Waals surface area contributed by atoms with Gasteiger partial charge in [0.1, 0.15) is 0 Å². The fourth-order valence-electron chi connectivity index (χ4n) is 2.27. The lowest BCUT2D eigenvalue weighted by Gasteiger charge is -2.33. The molecule has 1 aromatic rings. The molecule has 0 radical (unpaired) electrons. The predicted molar refractivity (Wildman–Crippen MR) is 88.1 cm³/mol. The van der Waals surface area contributed by atoms with Crippen molar-refractivity contribution in [1.29, 1.82) is 0 Å². The molecule has 0 saturated heterocycles. The Morgan fingerprint density at radius 1 is 1.42 bits per heavy atom. The first-order valence-corrected chi connectivity index (χ1v) is 8.53. The maximum atomic E-state index is 6.06. The molecule has 0 aromatic heterocycles. The highest BCUT2D eigenvalue weighted by Crippen LogP contribution is 2.24. The van der Waals surface area contributed by atoms with Crippen LogP contribution in [0.2, 0.25) is 5.02 Å². The number of thioether (sulfide) groups is 1. The second-order valence-electron chi connectivity index (χ2n) is 4.92. The van der Waals surface area contributed by atoms with Gasteiger partial charge in [0.05, 0.1) is 0 Å². The molecular weight excluding hydrogens is 276 g/mol. The molecule has 2 N–H and O–H groups in total. The van der Waals surface area contributed by atoms with E-state index in [9.17, 15) is 0 Å². The Morgan fingerprint density at radius 3 is 2.74 bits per heavy atom. The van der Waals surface area contributed by atoms with Crippen LogP contribution in [0.1, 0.15) is 31.4 Å². The molecule has 108 valence electrons. The monoisotopic (exact) mass is 300 g/mol. The van der Waals surface area contributed by atoms with E-state index in [0.717, 1.165) is 11.4 Å². The van der Waals surface area contributed by atoms with E-state index in [2.05, 4.69) is 31.2 Å². The highest BCUT2D eigenvalue weighted by atomic mass is 35.5. The van der Waals surface area contributed by atoms with Crippen molar-refractivity contribution in [1.82, 2.24) is 4.90 Å². The number of likely N-dealkylation sites (N-methyl/N-ethyl adjacent to an activating group) is 1. The molecule has 2 unspecified atom stereocenters. The number of halogens is 1. The number of benzene rings is 1. The summed E-state index contributed by atoms with van der Waals surface area (Å²) in [5.41, 5.74) is 7.18. The van der Waals surface area contributed by atoms with Crippen LogP contribution in [0, 0.1) is 0 Å². The minimum Gasteiger partial charge on any atom is -0.329 e. The van der Waals surface area contributed by atoms with Crippen molar-refractivity contribution in [2.24, 2.45) is 5.73 Å². The first kappa shape index (κ1) is 16.8. The maximum absolute atomic E-state index is 6.06. The van der Waals surface area contributed by atoms with Gasteiger partial charge in [0.25, 0.3) is 0 Å². The van der Waals surface area contributed by atoms with Gasteiger partial charge in [-0.3, -0.25) is 4.90 Å². The maximum Gasteiger partial charge on any atom is 0.0409 e. The van der Waals surface area contributed by atoms with Crippen molar-refractivity contribution < 1.29 is 0 Å². The van der Waals surface area contributed by atoms with Crippen molar-refractivity contribution >= 4 is 23.4 Å². The Labute approximate surface area is 126 Å². The Kier molecular flexibility index (Phi) is 7.84. The van der Waals surface area contributed by atoms with Crippen molar-refractivity contribution in [3.8, 4) is 0 Å².